The van der Waals surface area contributed by atoms with Gasteiger partial charge in [-0.15, -0.1) is 0 Å². The van der Waals surface area contributed by atoms with Crippen LogP contribution in [0.4, 0.5) is 8.78 Å². The number of rotatable bonds is 6. The molecule has 0 saturated carbocycles. The Morgan fingerprint density at radius 2 is 1.30 bits per heavy atom. The van der Waals surface area contributed by atoms with Crippen LogP contribution in [0.3, 0.4) is 0 Å². The monoisotopic (exact) mass is 280 g/mol. The van der Waals surface area contributed by atoms with Crippen LogP contribution in [0.15, 0.2) is 42.5 Å². The molecule has 2 aromatic rings. The number of halogens is 2. The van der Waals surface area contributed by atoms with Gasteiger partial charge in [-0.05, 0) is 35.4 Å². The summed E-state index contributed by atoms with van der Waals surface area (Å²) in [6, 6.07) is 12.0. The highest BCUT2D eigenvalue weighted by atomic mass is 19.1. The highest BCUT2D eigenvalue weighted by Crippen LogP contribution is 2.31. The number of alkyl halides is 2. The van der Waals surface area contributed by atoms with Crippen molar-refractivity contribution in [2.75, 3.05) is 20.8 Å². The summed E-state index contributed by atoms with van der Waals surface area (Å²) in [5, 5.41) is 0. The predicted octanol–water partition coefficient (Wildman–Crippen LogP) is 3.97. The Balaban J connectivity index is 2.37. The van der Waals surface area contributed by atoms with Crippen LogP contribution in [0.1, 0.15) is 0 Å². The Bertz CT molecular complexity index is 531. The summed E-state index contributed by atoms with van der Waals surface area (Å²) in [6.45, 7) is -1.91. The predicted molar refractivity (Wildman–Crippen MR) is 71.6 cm³/mol. The van der Waals surface area contributed by atoms with Gasteiger partial charge in [-0.1, -0.05) is 12.1 Å². The summed E-state index contributed by atoms with van der Waals surface area (Å²) in [5.41, 5.74) is 1.60. The molecule has 0 bridgehead atoms. The van der Waals surface area contributed by atoms with Gasteiger partial charge < -0.3 is 14.2 Å². The molecule has 0 heterocycles. The number of benzene rings is 2. The number of hydrogen-bond acceptors (Lipinski definition) is 3. The first-order valence-electron chi connectivity index (χ1n) is 5.94. The molecule has 20 heavy (non-hydrogen) atoms. The Hall–Kier alpha value is -2.30. The van der Waals surface area contributed by atoms with Crippen molar-refractivity contribution >= 4 is 0 Å². The zero-order valence-electron chi connectivity index (χ0n) is 10.9. The van der Waals surface area contributed by atoms with Gasteiger partial charge in [-0.25, -0.2) is 8.78 Å². The van der Waals surface area contributed by atoms with Gasteiger partial charge in [0.2, 0.25) is 13.7 Å². The summed E-state index contributed by atoms with van der Waals surface area (Å²) < 4.78 is 39.2. The Morgan fingerprint density at radius 3 is 1.75 bits per heavy atom. The van der Waals surface area contributed by atoms with E-state index in [-0.39, 0.29) is 11.5 Å². The van der Waals surface area contributed by atoms with Gasteiger partial charge in [0.15, 0.2) is 0 Å². The van der Waals surface area contributed by atoms with Crippen molar-refractivity contribution in [2.24, 2.45) is 0 Å². The molecular weight excluding hydrogens is 266 g/mol. The maximum Gasteiger partial charge on any atom is 0.228 e. The first kappa shape index (κ1) is 14.1. The van der Waals surface area contributed by atoms with Gasteiger partial charge in [-0.2, -0.15) is 0 Å². The van der Waals surface area contributed by atoms with Crippen LogP contribution < -0.4 is 14.2 Å². The van der Waals surface area contributed by atoms with E-state index in [0.717, 1.165) is 16.9 Å². The van der Waals surface area contributed by atoms with Crippen LogP contribution in [0, 0.1) is 0 Å². The van der Waals surface area contributed by atoms with E-state index in [2.05, 4.69) is 0 Å². The number of hydrogen-bond donors (Lipinski definition) is 0. The van der Waals surface area contributed by atoms with Gasteiger partial charge >= 0.3 is 0 Å². The quantitative estimate of drug-likeness (QED) is 0.801. The zero-order valence-corrected chi connectivity index (χ0v) is 10.9. The van der Waals surface area contributed by atoms with Gasteiger partial charge in [0.05, 0.1) is 7.11 Å². The molecule has 2 aromatic carbocycles. The molecule has 0 N–H and O–H groups in total. The third-order valence-electron chi connectivity index (χ3n) is 2.75. The maximum absolute atomic E-state index is 12.3. The topological polar surface area (TPSA) is 27.7 Å². The van der Waals surface area contributed by atoms with Crippen molar-refractivity contribution in [1.82, 2.24) is 0 Å². The van der Waals surface area contributed by atoms with Crippen molar-refractivity contribution in [1.29, 1.82) is 0 Å². The average Bonchev–Trinajstić information content (AvgIpc) is 2.48. The first-order valence-corrected chi connectivity index (χ1v) is 5.94. The van der Waals surface area contributed by atoms with E-state index in [0.29, 0.717) is 0 Å². The van der Waals surface area contributed by atoms with Crippen molar-refractivity contribution in [3.8, 4) is 28.4 Å². The molecule has 2 rings (SSSR count). The molecule has 106 valence electrons. The molecule has 0 aliphatic rings. The van der Waals surface area contributed by atoms with Crippen molar-refractivity contribution in [3.63, 3.8) is 0 Å². The van der Waals surface area contributed by atoms with E-state index < -0.39 is 13.7 Å². The summed E-state index contributed by atoms with van der Waals surface area (Å²) in [7, 11) is 1.58. The fraction of sp³-hybridized carbons (Fsp3) is 0.200. The van der Waals surface area contributed by atoms with E-state index in [1.54, 1.807) is 31.4 Å². The highest BCUT2D eigenvalue weighted by molar-refractivity contribution is 5.67. The zero-order chi connectivity index (χ0) is 14.4. The lowest BCUT2D eigenvalue weighted by Gasteiger charge is -2.10. The fourth-order valence-corrected chi connectivity index (χ4v) is 1.81. The van der Waals surface area contributed by atoms with Crippen molar-refractivity contribution < 1.29 is 23.0 Å². The SMILES string of the molecule is COc1ccc(-c2cc(OCF)cc(OCF)c2)cc1. The van der Waals surface area contributed by atoms with Gasteiger partial charge in [0, 0.05) is 6.07 Å². The summed E-state index contributed by atoms with van der Waals surface area (Å²) in [6.07, 6.45) is 0. The van der Waals surface area contributed by atoms with Gasteiger partial charge in [0.25, 0.3) is 0 Å². The lowest BCUT2D eigenvalue weighted by Crippen LogP contribution is -1.94. The molecule has 0 radical (unpaired) electrons. The van der Waals surface area contributed by atoms with Crippen LogP contribution in [-0.2, 0) is 0 Å². The number of ether oxygens (including phenoxy) is 3. The molecule has 3 nitrogen and oxygen atoms in total. The third-order valence-corrected chi connectivity index (χ3v) is 2.75. The lowest BCUT2D eigenvalue weighted by atomic mass is 10.0. The second-order valence-corrected chi connectivity index (χ2v) is 3.93. The average molecular weight is 280 g/mol. The minimum absolute atomic E-state index is 0.282. The summed E-state index contributed by atoms with van der Waals surface area (Å²) in [5.74, 6) is 1.29. The molecule has 0 fully saturated rings. The van der Waals surface area contributed by atoms with E-state index in [1.165, 1.54) is 6.07 Å². The largest absolute Gasteiger partial charge is 0.497 e. The second-order valence-electron chi connectivity index (χ2n) is 3.93. The minimum Gasteiger partial charge on any atom is -0.497 e. The Kier molecular flexibility index (Phi) is 4.76. The second kappa shape index (κ2) is 6.75. The van der Waals surface area contributed by atoms with Crippen LogP contribution >= 0.6 is 0 Å². The van der Waals surface area contributed by atoms with Crippen LogP contribution in [0.2, 0.25) is 0 Å². The van der Waals surface area contributed by atoms with E-state index in [9.17, 15) is 8.78 Å². The third kappa shape index (κ3) is 3.38. The van der Waals surface area contributed by atoms with Crippen molar-refractivity contribution in [2.45, 2.75) is 0 Å². The molecule has 0 amide bonds. The Labute approximate surface area is 115 Å². The molecular formula is C15H14F2O3. The summed E-state index contributed by atoms with van der Waals surface area (Å²) in [4.78, 5) is 0. The number of methoxy groups -OCH3 is 1. The first-order chi connectivity index (χ1) is 9.76. The fourth-order valence-electron chi connectivity index (χ4n) is 1.81. The molecule has 0 unspecified atom stereocenters. The van der Waals surface area contributed by atoms with E-state index in [4.69, 9.17) is 14.2 Å². The van der Waals surface area contributed by atoms with E-state index in [1.807, 2.05) is 12.1 Å². The highest BCUT2D eigenvalue weighted by Gasteiger charge is 2.06. The molecule has 0 saturated heterocycles. The molecule has 5 heteroatoms. The van der Waals surface area contributed by atoms with Gasteiger partial charge in [-0.3, -0.25) is 0 Å². The lowest BCUT2D eigenvalue weighted by molar-refractivity contribution is 0.182. The van der Waals surface area contributed by atoms with E-state index >= 15 is 0 Å². The van der Waals surface area contributed by atoms with Crippen LogP contribution in [0.25, 0.3) is 11.1 Å². The van der Waals surface area contributed by atoms with Crippen LogP contribution in [-0.4, -0.2) is 20.8 Å². The van der Waals surface area contributed by atoms with Gasteiger partial charge in [0.1, 0.15) is 17.2 Å². The molecule has 0 aromatic heterocycles. The molecule has 0 atom stereocenters. The maximum atomic E-state index is 12.3. The molecule has 0 aliphatic heterocycles. The molecule has 0 spiro atoms. The minimum atomic E-state index is -0.957. The van der Waals surface area contributed by atoms with Crippen molar-refractivity contribution in [3.05, 3.63) is 42.5 Å². The smallest absolute Gasteiger partial charge is 0.228 e. The normalized spacial score (nSPS) is 10.2. The molecule has 0 aliphatic carbocycles. The summed E-state index contributed by atoms with van der Waals surface area (Å²) >= 11 is 0. The Morgan fingerprint density at radius 1 is 0.750 bits per heavy atom. The van der Waals surface area contributed by atoms with Crippen LogP contribution in [0.5, 0.6) is 17.2 Å². The standard InChI is InChI=1S/C15H14F2O3/c1-18-13-4-2-11(3-5-13)12-6-14(19-9-16)8-15(7-12)20-10-17/h2-8H,9-10H2,1H3.